The average molecular weight is 479 g/mol. The molecule has 3 N–H and O–H groups in total. The lowest BCUT2D eigenvalue weighted by atomic mass is 10.2. The molecule has 7 nitrogen and oxygen atoms in total. The van der Waals surface area contributed by atoms with Crippen LogP contribution < -0.4 is 16.6 Å². The van der Waals surface area contributed by atoms with E-state index in [1.165, 1.54) is 16.7 Å². The van der Waals surface area contributed by atoms with E-state index in [1.54, 1.807) is 54.6 Å². The number of nitrogens with zero attached hydrogens (tertiary/aromatic N) is 2. The van der Waals surface area contributed by atoms with Gasteiger partial charge in [-0.25, -0.2) is 4.98 Å². The summed E-state index contributed by atoms with van der Waals surface area (Å²) in [6.45, 7) is 1.83. The van der Waals surface area contributed by atoms with E-state index in [0.29, 0.717) is 38.0 Å². The van der Waals surface area contributed by atoms with Gasteiger partial charge in [-0.05, 0) is 61.0 Å². The Labute approximate surface area is 198 Å². The highest BCUT2D eigenvalue weighted by molar-refractivity contribution is 7.99. The van der Waals surface area contributed by atoms with E-state index in [1.807, 2.05) is 6.92 Å². The van der Waals surface area contributed by atoms with Crippen molar-refractivity contribution in [3.63, 3.8) is 0 Å². The lowest BCUT2D eigenvalue weighted by molar-refractivity contribution is -0.113. The van der Waals surface area contributed by atoms with Gasteiger partial charge in [-0.15, -0.1) is 0 Å². The van der Waals surface area contributed by atoms with E-state index in [4.69, 9.17) is 17.3 Å². The third-order valence-electron chi connectivity index (χ3n) is 5.01. The number of fused-ring (bicyclic) bond motifs is 1. The second-order valence-electron chi connectivity index (χ2n) is 7.21. The number of carbonyl (C=O) groups is 2. The average Bonchev–Trinajstić information content (AvgIpc) is 2.80. The third-order valence-corrected chi connectivity index (χ3v) is 6.36. The number of amides is 2. The SMILES string of the molecule is Cc1c(Cl)cccc1-n1c(SCC(=O)Nc2ccc(C(N)=O)cc2)nc2ccccc2c1=O. The van der Waals surface area contributed by atoms with Crippen LogP contribution in [0.2, 0.25) is 5.02 Å². The molecule has 4 rings (SSSR count). The van der Waals surface area contributed by atoms with Gasteiger partial charge in [-0.3, -0.25) is 19.0 Å². The Morgan fingerprint density at radius 3 is 2.52 bits per heavy atom. The van der Waals surface area contributed by atoms with Crippen molar-refractivity contribution in [2.24, 2.45) is 5.73 Å². The molecule has 0 unspecified atom stereocenters. The summed E-state index contributed by atoms with van der Waals surface area (Å²) in [5.74, 6) is -0.814. The summed E-state index contributed by atoms with van der Waals surface area (Å²) >= 11 is 7.44. The molecule has 2 amide bonds. The Hall–Kier alpha value is -3.62. The van der Waals surface area contributed by atoms with Gasteiger partial charge >= 0.3 is 0 Å². The number of nitrogens with one attached hydrogen (secondary N) is 1. The fourth-order valence-electron chi connectivity index (χ4n) is 3.30. The Bertz CT molecular complexity index is 1430. The summed E-state index contributed by atoms with van der Waals surface area (Å²) < 4.78 is 1.49. The molecule has 0 radical (unpaired) electrons. The summed E-state index contributed by atoms with van der Waals surface area (Å²) in [7, 11) is 0. The van der Waals surface area contributed by atoms with E-state index in [-0.39, 0.29) is 17.2 Å². The van der Waals surface area contributed by atoms with Crippen LogP contribution in [0.1, 0.15) is 15.9 Å². The van der Waals surface area contributed by atoms with Crippen molar-refractivity contribution in [3.05, 3.63) is 93.2 Å². The summed E-state index contributed by atoms with van der Waals surface area (Å²) in [4.78, 5) is 41.8. The van der Waals surface area contributed by atoms with Crippen LogP contribution in [0.5, 0.6) is 0 Å². The van der Waals surface area contributed by atoms with Crippen molar-refractivity contribution < 1.29 is 9.59 Å². The van der Waals surface area contributed by atoms with Crippen LogP contribution in [-0.4, -0.2) is 27.1 Å². The molecule has 0 saturated heterocycles. The van der Waals surface area contributed by atoms with Gasteiger partial charge in [0, 0.05) is 16.3 Å². The van der Waals surface area contributed by atoms with Crippen LogP contribution in [0.25, 0.3) is 16.6 Å². The number of rotatable bonds is 6. The number of halogens is 1. The highest BCUT2D eigenvalue weighted by Gasteiger charge is 2.17. The maximum atomic E-state index is 13.4. The fraction of sp³-hybridized carbons (Fsp3) is 0.0833. The first-order chi connectivity index (χ1) is 15.8. The molecular formula is C24H19ClN4O3S. The molecule has 0 aliphatic heterocycles. The number of hydrogen-bond acceptors (Lipinski definition) is 5. The predicted octanol–water partition coefficient (Wildman–Crippen LogP) is 4.18. The number of benzene rings is 3. The second kappa shape index (κ2) is 9.48. The van der Waals surface area contributed by atoms with Gasteiger partial charge in [0.05, 0.1) is 22.3 Å². The number of anilines is 1. The molecule has 0 aliphatic carbocycles. The minimum atomic E-state index is -0.542. The van der Waals surface area contributed by atoms with Crippen molar-refractivity contribution >= 4 is 51.8 Å². The van der Waals surface area contributed by atoms with Crippen molar-refractivity contribution in [1.82, 2.24) is 9.55 Å². The van der Waals surface area contributed by atoms with E-state index in [0.717, 1.165) is 17.3 Å². The number of carbonyl (C=O) groups excluding carboxylic acids is 2. The van der Waals surface area contributed by atoms with Gasteiger partial charge < -0.3 is 11.1 Å². The minimum Gasteiger partial charge on any atom is -0.366 e. The van der Waals surface area contributed by atoms with Crippen molar-refractivity contribution in [2.75, 3.05) is 11.1 Å². The van der Waals surface area contributed by atoms with Gasteiger partial charge in [0.2, 0.25) is 11.8 Å². The molecule has 0 spiro atoms. The van der Waals surface area contributed by atoms with E-state index in [9.17, 15) is 14.4 Å². The standard InChI is InChI=1S/C24H19ClN4O3S/c1-14-18(25)6-4-8-20(14)29-23(32)17-5-2-3-7-19(17)28-24(29)33-13-21(30)27-16-11-9-15(10-12-16)22(26)31/h2-12H,13H2,1H3,(H2,26,31)(H,27,30). The van der Waals surface area contributed by atoms with E-state index in [2.05, 4.69) is 10.3 Å². The lowest BCUT2D eigenvalue weighted by Crippen LogP contribution is -2.23. The van der Waals surface area contributed by atoms with Crippen molar-refractivity contribution in [1.29, 1.82) is 0 Å². The topological polar surface area (TPSA) is 107 Å². The van der Waals surface area contributed by atoms with Crippen molar-refractivity contribution in [2.45, 2.75) is 12.1 Å². The number of thioether (sulfide) groups is 1. The van der Waals surface area contributed by atoms with Gasteiger partial charge in [-0.2, -0.15) is 0 Å². The molecule has 3 aromatic carbocycles. The molecule has 4 aromatic rings. The smallest absolute Gasteiger partial charge is 0.266 e. The van der Waals surface area contributed by atoms with E-state index >= 15 is 0 Å². The quantitative estimate of drug-likeness (QED) is 0.319. The van der Waals surface area contributed by atoms with Crippen LogP contribution in [0, 0.1) is 6.92 Å². The van der Waals surface area contributed by atoms with Crippen LogP contribution in [0.15, 0.2) is 76.7 Å². The van der Waals surface area contributed by atoms with Crippen LogP contribution in [-0.2, 0) is 4.79 Å². The third kappa shape index (κ3) is 4.76. The molecule has 0 atom stereocenters. The minimum absolute atomic E-state index is 0.0158. The Morgan fingerprint density at radius 1 is 1.06 bits per heavy atom. The van der Waals surface area contributed by atoms with Gasteiger partial charge in [0.25, 0.3) is 5.56 Å². The van der Waals surface area contributed by atoms with Crippen LogP contribution in [0.3, 0.4) is 0 Å². The fourth-order valence-corrected chi connectivity index (χ4v) is 4.28. The van der Waals surface area contributed by atoms with Crippen LogP contribution >= 0.6 is 23.4 Å². The molecule has 0 fully saturated rings. The van der Waals surface area contributed by atoms with Gasteiger partial charge in [-0.1, -0.05) is 41.6 Å². The first-order valence-electron chi connectivity index (χ1n) is 9.95. The summed E-state index contributed by atoms with van der Waals surface area (Å²) in [5, 5.41) is 4.14. The summed E-state index contributed by atoms with van der Waals surface area (Å²) in [6.07, 6.45) is 0. The normalized spacial score (nSPS) is 10.8. The summed E-state index contributed by atoms with van der Waals surface area (Å²) in [6, 6.07) is 18.7. The molecule has 0 saturated carbocycles. The largest absolute Gasteiger partial charge is 0.366 e. The molecular weight excluding hydrogens is 460 g/mol. The van der Waals surface area contributed by atoms with Gasteiger partial charge in [0.1, 0.15) is 0 Å². The number of aromatic nitrogens is 2. The van der Waals surface area contributed by atoms with Crippen LogP contribution in [0.4, 0.5) is 5.69 Å². The maximum absolute atomic E-state index is 13.4. The predicted molar refractivity (Wildman–Crippen MR) is 131 cm³/mol. The van der Waals surface area contributed by atoms with Crippen molar-refractivity contribution in [3.8, 4) is 5.69 Å². The molecule has 166 valence electrons. The Balaban J connectivity index is 1.65. The first kappa shape index (κ1) is 22.6. The molecule has 9 heteroatoms. The molecule has 0 bridgehead atoms. The zero-order chi connectivity index (χ0) is 23.5. The number of para-hydroxylation sites is 1. The second-order valence-corrected chi connectivity index (χ2v) is 8.56. The molecule has 1 heterocycles. The number of nitrogens with two attached hydrogens (primary N) is 1. The Morgan fingerprint density at radius 2 is 1.79 bits per heavy atom. The molecule has 0 aliphatic rings. The number of primary amides is 1. The zero-order valence-electron chi connectivity index (χ0n) is 17.5. The van der Waals surface area contributed by atoms with Gasteiger partial charge in [0.15, 0.2) is 5.16 Å². The Kier molecular flexibility index (Phi) is 6.48. The van der Waals surface area contributed by atoms with E-state index < -0.39 is 5.91 Å². The lowest BCUT2D eigenvalue weighted by Gasteiger charge is -2.15. The highest BCUT2D eigenvalue weighted by atomic mass is 35.5. The highest BCUT2D eigenvalue weighted by Crippen LogP contribution is 2.26. The number of hydrogen-bond donors (Lipinski definition) is 2. The first-order valence-corrected chi connectivity index (χ1v) is 11.3. The zero-order valence-corrected chi connectivity index (χ0v) is 19.1. The monoisotopic (exact) mass is 478 g/mol. The summed E-state index contributed by atoms with van der Waals surface area (Å²) in [5.41, 5.74) is 7.76. The maximum Gasteiger partial charge on any atom is 0.266 e. The molecule has 33 heavy (non-hydrogen) atoms. The molecule has 1 aromatic heterocycles.